The normalized spacial score (nSPS) is 22.1. The summed E-state index contributed by atoms with van der Waals surface area (Å²) in [6, 6.07) is 8.36. The molecule has 1 spiro atoms. The Hall–Kier alpha value is -2.52. The molecule has 3 aliphatic rings. The van der Waals surface area contributed by atoms with Crippen LogP contribution in [-0.2, 0) is 16.3 Å². The smallest absolute Gasteiger partial charge is 0.344 e. The van der Waals surface area contributed by atoms with Gasteiger partial charge in [0.1, 0.15) is 0 Å². The molecule has 3 saturated heterocycles. The number of piperidine rings is 2. The molecule has 9 heteroatoms. The van der Waals surface area contributed by atoms with Gasteiger partial charge < -0.3 is 9.80 Å². The van der Waals surface area contributed by atoms with Gasteiger partial charge in [-0.2, -0.15) is 4.68 Å². The molecule has 1 unspecified atom stereocenters. The van der Waals surface area contributed by atoms with Crippen molar-refractivity contribution in [2.24, 2.45) is 0 Å². The van der Waals surface area contributed by atoms with Gasteiger partial charge in [-0.05, 0) is 81.5 Å². The molecular weight excluding hydrogens is 472 g/mol. The van der Waals surface area contributed by atoms with Crippen LogP contribution in [0.5, 0.6) is 0 Å². The van der Waals surface area contributed by atoms with Crippen molar-refractivity contribution in [1.82, 2.24) is 19.6 Å². The van der Waals surface area contributed by atoms with Crippen LogP contribution in [0.3, 0.4) is 0 Å². The van der Waals surface area contributed by atoms with Crippen LogP contribution >= 0.6 is 0 Å². The van der Waals surface area contributed by atoms with Crippen molar-refractivity contribution in [1.29, 1.82) is 0 Å². The summed E-state index contributed by atoms with van der Waals surface area (Å²) in [6.45, 7) is 8.19. The molecule has 3 fully saturated rings. The van der Waals surface area contributed by atoms with Gasteiger partial charge in [-0.3, -0.25) is 9.62 Å². The summed E-state index contributed by atoms with van der Waals surface area (Å²) in [7, 11) is -2.43. The van der Waals surface area contributed by atoms with Crippen molar-refractivity contribution in [2.45, 2.75) is 64.0 Å². The van der Waals surface area contributed by atoms with E-state index in [4.69, 9.17) is 0 Å². The number of likely N-dealkylation sites (tertiary alicyclic amines) is 2. The predicted octanol–water partition coefficient (Wildman–Crippen LogP) is 3.95. The molecule has 8 nitrogen and oxygen atoms in total. The third-order valence-electron chi connectivity index (χ3n) is 8.29. The van der Waals surface area contributed by atoms with Crippen molar-refractivity contribution in [2.75, 3.05) is 48.6 Å². The number of hydrogen-bond donors (Lipinski definition) is 1. The first-order chi connectivity index (χ1) is 17.2. The van der Waals surface area contributed by atoms with E-state index >= 15 is 0 Å². The molecule has 4 heterocycles. The number of carbonyl (C=O) groups is 1. The van der Waals surface area contributed by atoms with Crippen LogP contribution in [0.15, 0.2) is 30.5 Å². The van der Waals surface area contributed by atoms with Crippen LogP contribution < -0.4 is 9.62 Å². The molecule has 1 atom stereocenters. The third kappa shape index (κ3) is 5.27. The van der Waals surface area contributed by atoms with Crippen LogP contribution in [0.25, 0.3) is 0 Å². The van der Waals surface area contributed by atoms with E-state index in [1.807, 2.05) is 4.90 Å². The number of hydrogen-bond acceptors (Lipinski definition) is 5. The Labute approximate surface area is 215 Å². The van der Waals surface area contributed by atoms with Gasteiger partial charge in [0.15, 0.2) is 5.82 Å². The first-order valence-electron chi connectivity index (χ1n) is 13.3. The second-order valence-corrected chi connectivity index (χ2v) is 13.1. The number of amides is 1. The Bertz CT molecular complexity index is 1190. The molecule has 1 aromatic heterocycles. The number of benzene rings is 1. The highest BCUT2D eigenvalue weighted by Gasteiger charge is 2.44. The minimum Gasteiger partial charge on any atom is -0.371 e. The topological polar surface area (TPSA) is 73.7 Å². The van der Waals surface area contributed by atoms with Gasteiger partial charge in [0.05, 0.1) is 0 Å². The largest absolute Gasteiger partial charge is 0.371 e. The van der Waals surface area contributed by atoms with Crippen LogP contribution in [0.1, 0.15) is 56.1 Å². The number of carbonyl (C=O) groups excluding carboxylic acids is 1. The van der Waals surface area contributed by atoms with E-state index in [-0.39, 0.29) is 11.6 Å². The fraction of sp³-hybridized carbons (Fsp3) is 0.593. The van der Waals surface area contributed by atoms with E-state index in [0.717, 1.165) is 39.0 Å². The minimum atomic E-state index is -2.43. The quantitative estimate of drug-likeness (QED) is 0.614. The lowest BCUT2D eigenvalue weighted by Crippen LogP contribution is -2.53. The summed E-state index contributed by atoms with van der Waals surface area (Å²) < 4.78 is 16.0. The van der Waals surface area contributed by atoms with Crippen LogP contribution in [0.4, 0.5) is 16.3 Å². The molecule has 0 saturated carbocycles. The third-order valence-corrected chi connectivity index (χ3v) is 8.93. The number of aromatic nitrogens is 2. The van der Waals surface area contributed by atoms with E-state index in [9.17, 15) is 9.00 Å². The summed E-state index contributed by atoms with van der Waals surface area (Å²) in [6.07, 6.45) is 11.4. The van der Waals surface area contributed by atoms with E-state index in [1.54, 1.807) is 12.3 Å². The lowest BCUT2D eigenvalue weighted by Gasteiger charge is -2.45. The molecule has 1 N–H and O–H groups in total. The van der Waals surface area contributed by atoms with Crippen molar-refractivity contribution < 1.29 is 9.00 Å². The Morgan fingerprint density at radius 3 is 2.53 bits per heavy atom. The molecule has 0 aliphatic carbocycles. The Kier molecular flexibility index (Phi) is 7.05. The van der Waals surface area contributed by atoms with Crippen molar-refractivity contribution in [3.8, 4) is 0 Å². The lowest BCUT2D eigenvalue weighted by molar-refractivity contribution is 0.0584. The number of anilines is 2. The lowest BCUT2D eigenvalue weighted by atomic mass is 9.84. The second kappa shape index (κ2) is 10.1. The van der Waals surface area contributed by atoms with E-state index in [0.29, 0.717) is 5.82 Å². The standard InChI is InChI=1S/C27H40N6O2S/c1-22-23(9-7-10-24(22)30-15-5-4-6-16-30)21-32-17-8-12-27(32)13-19-31(20-14-27)26(34)33-18-11-25(28-33)29-36(2,3)35/h7,9-11,18H,2,4-6,8,12-17,19-21H2,1,3H3,(H,28,29,35). The summed E-state index contributed by atoms with van der Waals surface area (Å²) in [5, 5.41) is 4.27. The minimum absolute atomic E-state index is 0.126. The molecule has 1 amide bonds. The van der Waals surface area contributed by atoms with Gasteiger partial charge >= 0.3 is 6.03 Å². The van der Waals surface area contributed by atoms with Gasteiger partial charge in [-0.15, -0.1) is 5.10 Å². The van der Waals surface area contributed by atoms with Gasteiger partial charge in [0.25, 0.3) is 0 Å². The number of nitrogens with one attached hydrogen (secondary N) is 1. The fourth-order valence-electron chi connectivity index (χ4n) is 6.30. The molecule has 0 bridgehead atoms. The highest BCUT2D eigenvalue weighted by molar-refractivity contribution is 8.00. The molecule has 0 radical (unpaired) electrons. The summed E-state index contributed by atoms with van der Waals surface area (Å²) >= 11 is 0. The highest BCUT2D eigenvalue weighted by atomic mass is 32.2. The van der Waals surface area contributed by atoms with Crippen LogP contribution in [0.2, 0.25) is 0 Å². The summed E-state index contributed by atoms with van der Waals surface area (Å²) in [5.74, 6) is 3.99. The zero-order valence-corrected chi connectivity index (χ0v) is 22.6. The monoisotopic (exact) mass is 512 g/mol. The fourth-order valence-corrected chi connectivity index (χ4v) is 6.85. The molecule has 196 valence electrons. The zero-order chi connectivity index (χ0) is 25.3. The highest BCUT2D eigenvalue weighted by Crippen LogP contribution is 2.40. The van der Waals surface area contributed by atoms with E-state index in [2.05, 4.69) is 50.6 Å². The molecule has 1 aromatic carbocycles. The molecule has 3 aliphatic heterocycles. The van der Waals surface area contributed by atoms with E-state index in [1.165, 1.54) is 72.9 Å². The predicted molar refractivity (Wildman–Crippen MR) is 148 cm³/mol. The van der Waals surface area contributed by atoms with Gasteiger partial charge in [-0.25, -0.2) is 9.00 Å². The van der Waals surface area contributed by atoms with E-state index < -0.39 is 9.71 Å². The molecule has 36 heavy (non-hydrogen) atoms. The Morgan fingerprint density at radius 2 is 1.81 bits per heavy atom. The number of rotatable bonds is 5. The maximum absolute atomic E-state index is 13.1. The number of nitrogens with zero attached hydrogens (tertiary/aromatic N) is 5. The zero-order valence-electron chi connectivity index (χ0n) is 21.7. The van der Waals surface area contributed by atoms with Crippen molar-refractivity contribution >= 4 is 33.1 Å². The van der Waals surface area contributed by atoms with Gasteiger partial charge in [-0.1, -0.05) is 12.1 Å². The maximum Gasteiger partial charge on any atom is 0.344 e. The molecule has 5 rings (SSSR count). The molecule has 2 aromatic rings. The second-order valence-electron chi connectivity index (χ2n) is 10.9. The van der Waals surface area contributed by atoms with Crippen LogP contribution in [0, 0.1) is 6.92 Å². The van der Waals surface area contributed by atoms with Crippen molar-refractivity contribution in [3.63, 3.8) is 0 Å². The first-order valence-corrected chi connectivity index (χ1v) is 15.4. The average molecular weight is 513 g/mol. The maximum atomic E-state index is 13.1. The van der Waals surface area contributed by atoms with Crippen molar-refractivity contribution in [3.05, 3.63) is 41.6 Å². The van der Waals surface area contributed by atoms with Gasteiger partial charge in [0.2, 0.25) is 0 Å². The van der Waals surface area contributed by atoms with Gasteiger partial charge in [0, 0.05) is 72.2 Å². The molecular formula is C27H40N6O2S. The SMILES string of the molecule is C=S(C)(=O)Nc1ccn(C(=O)N2CCC3(CCCN3Cc3cccc(N4CCCCC4)c3C)CC2)n1. The Morgan fingerprint density at radius 1 is 1.06 bits per heavy atom. The summed E-state index contributed by atoms with van der Waals surface area (Å²) in [5.41, 5.74) is 4.44. The Balaban J connectivity index is 1.24. The van der Waals surface area contributed by atoms with Crippen LogP contribution in [-0.4, -0.2) is 80.2 Å². The average Bonchev–Trinajstić information content (AvgIpc) is 3.47. The first kappa shape index (κ1) is 25.1. The summed E-state index contributed by atoms with van der Waals surface area (Å²) in [4.78, 5) is 20.2.